The third-order valence-electron chi connectivity index (χ3n) is 3.54. The fourth-order valence-corrected chi connectivity index (χ4v) is 2.24. The maximum atomic E-state index is 12.0. The smallest absolute Gasteiger partial charge is 0.275 e. The summed E-state index contributed by atoms with van der Waals surface area (Å²) in [6.45, 7) is 4.31. The van der Waals surface area contributed by atoms with Crippen molar-refractivity contribution < 1.29 is 4.79 Å². The molecule has 0 unspecified atom stereocenters. The molecular formula is C18H17N3O. The molecule has 22 heavy (non-hydrogen) atoms. The Morgan fingerprint density at radius 1 is 1.14 bits per heavy atom. The zero-order chi connectivity index (χ0) is 15.5. The number of hydrogen-bond donors (Lipinski definition) is 1. The number of nitrogens with zero attached hydrogens (tertiary/aromatic N) is 2. The van der Waals surface area contributed by atoms with Crippen molar-refractivity contribution in [2.24, 2.45) is 4.99 Å². The molecule has 1 N–H and O–H groups in total. The molecule has 0 atom stereocenters. The summed E-state index contributed by atoms with van der Waals surface area (Å²) >= 11 is 0. The summed E-state index contributed by atoms with van der Waals surface area (Å²) < 4.78 is 0. The van der Waals surface area contributed by atoms with Crippen molar-refractivity contribution in [1.29, 1.82) is 0 Å². The highest BCUT2D eigenvalue weighted by Gasteiger charge is 2.20. The molecule has 0 radical (unpaired) electrons. The average molecular weight is 291 g/mol. The summed E-state index contributed by atoms with van der Waals surface area (Å²) in [5.41, 5.74) is 3.45. The molecule has 2 heterocycles. The quantitative estimate of drug-likeness (QED) is 0.883. The molecule has 1 aliphatic heterocycles. The fraction of sp³-hybridized carbons (Fsp3) is 0.167. The first-order valence-corrected chi connectivity index (χ1v) is 7.25. The van der Waals surface area contributed by atoms with Crippen molar-refractivity contribution in [2.45, 2.75) is 19.8 Å². The van der Waals surface area contributed by atoms with Gasteiger partial charge in [0.05, 0.1) is 0 Å². The number of amides is 1. The molecular weight excluding hydrogens is 274 g/mol. The number of pyridine rings is 1. The molecule has 0 saturated heterocycles. The lowest BCUT2D eigenvalue weighted by molar-refractivity contribution is -0.115. The molecule has 0 aliphatic carbocycles. The Morgan fingerprint density at radius 3 is 2.55 bits per heavy atom. The van der Waals surface area contributed by atoms with Gasteiger partial charge in [-0.1, -0.05) is 38.1 Å². The van der Waals surface area contributed by atoms with E-state index in [0.717, 1.165) is 11.1 Å². The van der Waals surface area contributed by atoms with Crippen LogP contribution in [0.15, 0.2) is 59.5 Å². The normalized spacial score (nSPS) is 16.0. The predicted octanol–water partition coefficient (Wildman–Crippen LogP) is 3.12. The van der Waals surface area contributed by atoms with Crippen LogP contribution < -0.4 is 5.32 Å². The van der Waals surface area contributed by atoms with E-state index < -0.39 is 0 Å². The van der Waals surface area contributed by atoms with Gasteiger partial charge in [-0.15, -0.1) is 0 Å². The van der Waals surface area contributed by atoms with E-state index in [2.05, 4.69) is 41.3 Å². The van der Waals surface area contributed by atoms with E-state index in [9.17, 15) is 4.79 Å². The van der Waals surface area contributed by atoms with Crippen LogP contribution in [-0.2, 0) is 4.79 Å². The molecule has 4 heteroatoms. The molecule has 4 nitrogen and oxygen atoms in total. The van der Waals surface area contributed by atoms with Gasteiger partial charge < -0.3 is 5.32 Å². The SMILES string of the molecule is CC(C)c1ccc(/C=C2/N=C(c3cccnc3)NC2=O)cc1. The number of nitrogens with one attached hydrogen (secondary N) is 1. The highest BCUT2D eigenvalue weighted by atomic mass is 16.2. The van der Waals surface area contributed by atoms with E-state index in [1.54, 1.807) is 18.5 Å². The average Bonchev–Trinajstić information content (AvgIpc) is 2.90. The minimum Gasteiger partial charge on any atom is -0.305 e. The maximum Gasteiger partial charge on any atom is 0.275 e. The number of amidine groups is 1. The van der Waals surface area contributed by atoms with Crippen molar-refractivity contribution >= 4 is 17.8 Å². The molecule has 1 amide bonds. The summed E-state index contributed by atoms with van der Waals surface area (Å²) in [6.07, 6.45) is 5.16. The van der Waals surface area contributed by atoms with Crippen molar-refractivity contribution in [2.75, 3.05) is 0 Å². The van der Waals surface area contributed by atoms with Crippen molar-refractivity contribution in [3.8, 4) is 0 Å². The molecule has 0 fully saturated rings. The van der Waals surface area contributed by atoms with Gasteiger partial charge in [-0.3, -0.25) is 9.78 Å². The van der Waals surface area contributed by atoms with E-state index in [1.807, 2.05) is 24.3 Å². The highest BCUT2D eigenvalue weighted by Crippen LogP contribution is 2.18. The minimum absolute atomic E-state index is 0.188. The second-order valence-electron chi connectivity index (χ2n) is 5.51. The molecule has 110 valence electrons. The third kappa shape index (κ3) is 2.96. The van der Waals surface area contributed by atoms with Gasteiger partial charge in [-0.25, -0.2) is 4.99 Å². The Labute approximate surface area is 129 Å². The number of rotatable bonds is 3. The van der Waals surface area contributed by atoms with Crippen LogP contribution in [0.2, 0.25) is 0 Å². The lowest BCUT2D eigenvalue weighted by Crippen LogP contribution is -2.24. The zero-order valence-corrected chi connectivity index (χ0v) is 12.6. The van der Waals surface area contributed by atoms with Crippen LogP contribution in [0.4, 0.5) is 0 Å². The molecule has 0 spiro atoms. The van der Waals surface area contributed by atoms with Crippen LogP contribution in [0, 0.1) is 0 Å². The summed E-state index contributed by atoms with van der Waals surface area (Å²) in [7, 11) is 0. The van der Waals surface area contributed by atoms with Gasteiger partial charge in [0.15, 0.2) is 0 Å². The highest BCUT2D eigenvalue weighted by molar-refractivity contribution is 6.19. The third-order valence-corrected chi connectivity index (χ3v) is 3.54. The second-order valence-corrected chi connectivity index (χ2v) is 5.51. The molecule has 1 aromatic carbocycles. The Kier molecular flexibility index (Phi) is 3.83. The number of aliphatic imine (C=N–C) groups is 1. The standard InChI is InChI=1S/C18H17N3O/c1-12(2)14-7-5-13(6-8-14)10-16-18(22)21-17(20-16)15-4-3-9-19-11-15/h3-12H,1-2H3,(H,20,21,22)/b16-10+. The van der Waals surface area contributed by atoms with E-state index in [4.69, 9.17) is 0 Å². The predicted molar refractivity (Wildman–Crippen MR) is 87.4 cm³/mol. The summed E-state index contributed by atoms with van der Waals surface area (Å²) in [6, 6.07) is 11.9. The van der Waals surface area contributed by atoms with E-state index in [-0.39, 0.29) is 5.91 Å². The van der Waals surface area contributed by atoms with Gasteiger partial charge in [-0.2, -0.15) is 0 Å². The fourth-order valence-electron chi connectivity index (χ4n) is 2.24. The van der Waals surface area contributed by atoms with E-state index in [1.165, 1.54) is 5.56 Å². The van der Waals surface area contributed by atoms with Crippen LogP contribution >= 0.6 is 0 Å². The summed E-state index contributed by atoms with van der Waals surface area (Å²) in [5.74, 6) is 0.849. The van der Waals surface area contributed by atoms with Gasteiger partial charge in [0.2, 0.25) is 0 Å². The lowest BCUT2D eigenvalue weighted by atomic mass is 10.0. The van der Waals surface area contributed by atoms with Crippen LogP contribution in [0.5, 0.6) is 0 Å². The van der Waals surface area contributed by atoms with Gasteiger partial charge in [0.1, 0.15) is 11.5 Å². The van der Waals surface area contributed by atoms with Crippen molar-refractivity contribution in [3.63, 3.8) is 0 Å². The molecule has 1 aliphatic rings. The topological polar surface area (TPSA) is 54.4 Å². The first-order valence-electron chi connectivity index (χ1n) is 7.25. The first-order chi connectivity index (χ1) is 10.6. The molecule has 0 bridgehead atoms. The van der Waals surface area contributed by atoms with Crippen LogP contribution in [-0.4, -0.2) is 16.7 Å². The van der Waals surface area contributed by atoms with Crippen molar-refractivity contribution in [3.05, 3.63) is 71.2 Å². The number of carbonyl (C=O) groups is 1. The Hall–Kier alpha value is -2.75. The van der Waals surface area contributed by atoms with Crippen LogP contribution in [0.25, 0.3) is 6.08 Å². The monoisotopic (exact) mass is 291 g/mol. The van der Waals surface area contributed by atoms with Crippen LogP contribution in [0.1, 0.15) is 36.5 Å². The lowest BCUT2D eigenvalue weighted by Gasteiger charge is -2.04. The largest absolute Gasteiger partial charge is 0.305 e. The number of carbonyl (C=O) groups excluding carboxylic acids is 1. The van der Waals surface area contributed by atoms with Gasteiger partial charge >= 0.3 is 0 Å². The Balaban J connectivity index is 1.87. The van der Waals surface area contributed by atoms with Gasteiger partial charge in [0, 0.05) is 18.0 Å². The number of hydrogen-bond acceptors (Lipinski definition) is 3. The van der Waals surface area contributed by atoms with Crippen LogP contribution in [0.3, 0.4) is 0 Å². The van der Waals surface area contributed by atoms with E-state index >= 15 is 0 Å². The van der Waals surface area contributed by atoms with E-state index in [0.29, 0.717) is 17.5 Å². The van der Waals surface area contributed by atoms with Gasteiger partial charge in [-0.05, 0) is 35.3 Å². The molecule has 3 rings (SSSR count). The molecule has 0 saturated carbocycles. The van der Waals surface area contributed by atoms with Gasteiger partial charge in [0.25, 0.3) is 5.91 Å². The second kappa shape index (κ2) is 5.93. The first kappa shape index (κ1) is 14.2. The number of aromatic nitrogens is 1. The Bertz CT molecular complexity index is 744. The Morgan fingerprint density at radius 2 is 1.91 bits per heavy atom. The number of benzene rings is 1. The summed E-state index contributed by atoms with van der Waals surface area (Å²) in [5, 5.41) is 2.77. The molecule has 2 aromatic rings. The van der Waals surface area contributed by atoms with Crippen molar-refractivity contribution in [1.82, 2.24) is 10.3 Å². The minimum atomic E-state index is -0.188. The zero-order valence-electron chi connectivity index (χ0n) is 12.6. The molecule has 1 aromatic heterocycles. The summed E-state index contributed by atoms with van der Waals surface area (Å²) in [4.78, 5) is 20.4. The maximum absolute atomic E-state index is 12.0.